The molecule has 0 amide bonds. The summed E-state index contributed by atoms with van der Waals surface area (Å²) in [6, 6.07) is 11.7. The second-order valence-corrected chi connectivity index (χ2v) is 9.41. The molecule has 0 unspecified atom stereocenters. The maximum Gasteiger partial charge on any atom is 0.250 e. The van der Waals surface area contributed by atoms with Gasteiger partial charge in [0, 0.05) is 36.5 Å². The molecule has 8 heteroatoms. The van der Waals surface area contributed by atoms with Crippen LogP contribution in [0.25, 0.3) is 33.7 Å². The molecule has 0 radical (unpaired) electrons. The van der Waals surface area contributed by atoms with Gasteiger partial charge in [-0.3, -0.25) is 4.79 Å². The molecule has 0 saturated heterocycles. The lowest BCUT2D eigenvalue weighted by atomic mass is 10.1. The SMILES string of the molecule is Cn1cc(-c2cc3ncnc(-c4cccc(S(=O)(=O)C5CC5)c4)c3o2)ccc1=O. The first kappa shape index (κ1) is 17.8. The van der Waals surface area contributed by atoms with Crippen molar-refractivity contribution in [1.29, 1.82) is 0 Å². The van der Waals surface area contributed by atoms with Crippen molar-refractivity contribution in [3.05, 3.63) is 65.3 Å². The normalized spacial score (nSPS) is 14.4. The fraction of sp³-hybridized carbons (Fsp3) is 0.190. The molecule has 0 bridgehead atoms. The van der Waals surface area contributed by atoms with Crippen LogP contribution in [0.1, 0.15) is 12.8 Å². The van der Waals surface area contributed by atoms with Gasteiger partial charge in [0.15, 0.2) is 15.4 Å². The summed E-state index contributed by atoms with van der Waals surface area (Å²) in [4.78, 5) is 20.6. The average molecular weight is 407 g/mol. The number of fused-ring (bicyclic) bond motifs is 1. The van der Waals surface area contributed by atoms with Crippen LogP contribution in [0.15, 0.2) is 69.1 Å². The van der Waals surface area contributed by atoms with Gasteiger partial charge in [0.1, 0.15) is 23.3 Å². The highest BCUT2D eigenvalue weighted by molar-refractivity contribution is 7.92. The Hall–Kier alpha value is -3.26. The number of benzene rings is 1. The molecule has 0 aliphatic heterocycles. The van der Waals surface area contributed by atoms with Crippen LogP contribution in [0, 0.1) is 0 Å². The van der Waals surface area contributed by atoms with Crippen molar-refractivity contribution in [3.63, 3.8) is 0 Å². The van der Waals surface area contributed by atoms with Crippen LogP contribution in [0.4, 0.5) is 0 Å². The van der Waals surface area contributed by atoms with Gasteiger partial charge in [0.2, 0.25) is 5.56 Å². The number of hydrogen-bond donors (Lipinski definition) is 0. The van der Waals surface area contributed by atoms with Gasteiger partial charge in [0.25, 0.3) is 0 Å². The van der Waals surface area contributed by atoms with Gasteiger partial charge in [0.05, 0.1) is 10.1 Å². The predicted molar refractivity (Wildman–Crippen MR) is 108 cm³/mol. The van der Waals surface area contributed by atoms with E-state index < -0.39 is 9.84 Å². The maximum atomic E-state index is 12.6. The maximum absolute atomic E-state index is 12.6. The molecule has 1 fully saturated rings. The van der Waals surface area contributed by atoms with E-state index in [1.807, 2.05) is 6.07 Å². The minimum Gasteiger partial charge on any atom is -0.452 e. The number of furan rings is 1. The summed E-state index contributed by atoms with van der Waals surface area (Å²) in [7, 11) is -1.63. The van der Waals surface area contributed by atoms with E-state index in [0.717, 1.165) is 5.56 Å². The first-order chi connectivity index (χ1) is 13.9. The molecule has 1 aliphatic carbocycles. The third kappa shape index (κ3) is 3.05. The Balaban J connectivity index is 1.64. The van der Waals surface area contributed by atoms with Crippen molar-refractivity contribution in [2.75, 3.05) is 0 Å². The van der Waals surface area contributed by atoms with E-state index in [1.165, 1.54) is 17.0 Å². The Bertz CT molecular complexity index is 1420. The van der Waals surface area contributed by atoms with Gasteiger partial charge in [-0.2, -0.15) is 0 Å². The third-order valence-corrected chi connectivity index (χ3v) is 7.34. The molecule has 29 heavy (non-hydrogen) atoms. The van der Waals surface area contributed by atoms with Crippen molar-refractivity contribution in [2.45, 2.75) is 23.0 Å². The molecule has 0 atom stereocenters. The molecule has 1 aliphatic rings. The standard InChI is InChI=1S/C21H17N3O4S/c1-24-11-14(5-8-19(24)25)18-10-17-21(28-18)20(23-12-22-17)13-3-2-4-16(9-13)29(26,27)15-6-7-15/h2-5,8-12,15H,6-7H2,1H3. The first-order valence-corrected chi connectivity index (χ1v) is 10.7. The molecule has 3 aromatic heterocycles. The Kier molecular flexibility index (Phi) is 3.92. The topological polar surface area (TPSA) is 95.1 Å². The number of aromatic nitrogens is 3. The van der Waals surface area contributed by atoms with Gasteiger partial charge in [-0.1, -0.05) is 12.1 Å². The zero-order valence-corrected chi connectivity index (χ0v) is 16.4. The zero-order valence-electron chi connectivity index (χ0n) is 15.6. The summed E-state index contributed by atoms with van der Waals surface area (Å²) in [5.41, 5.74) is 2.88. The first-order valence-electron chi connectivity index (χ1n) is 9.19. The van der Waals surface area contributed by atoms with Crippen LogP contribution in [-0.4, -0.2) is 28.2 Å². The number of aryl methyl sites for hydroxylation is 1. The second-order valence-electron chi connectivity index (χ2n) is 7.19. The summed E-state index contributed by atoms with van der Waals surface area (Å²) >= 11 is 0. The molecule has 4 aromatic rings. The van der Waals surface area contributed by atoms with E-state index in [0.29, 0.717) is 45.9 Å². The van der Waals surface area contributed by atoms with E-state index in [1.54, 1.807) is 43.6 Å². The highest BCUT2D eigenvalue weighted by atomic mass is 32.2. The van der Waals surface area contributed by atoms with E-state index >= 15 is 0 Å². The molecular formula is C21H17N3O4S. The molecule has 7 nitrogen and oxygen atoms in total. The summed E-state index contributed by atoms with van der Waals surface area (Å²) in [5.74, 6) is 0.555. The zero-order chi connectivity index (χ0) is 20.2. The van der Waals surface area contributed by atoms with Crippen LogP contribution < -0.4 is 5.56 Å². The van der Waals surface area contributed by atoms with E-state index in [4.69, 9.17) is 4.42 Å². The van der Waals surface area contributed by atoms with Gasteiger partial charge in [-0.05, 0) is 31.0 Å². The minimum atomic E-state index is -3.30. The number of sulfone groups is 1. The molecule has 0 N–H and O–H groups in total. The fourth-order valence-electron chi connectivity index (χ4n) is 3.33. The minimum absolute atomic E-state index is 0.112. The molecule has 0 spiro atoms. The smallest absolute Gasteiger partial charge is 0.250 e. The van der Waals surface area contributed by atoms with Crippen molar-refractivity contribution in [1.82, 2.24) is 14.5 Å². The predicted octanol–water partition coefficient (Wildman–Crippen LogP) is 3.19. The Morgan fingerprint density at radius 2 is 1.90 bits per heavy atom. The molecule has 5 rings (SSSR count). The van der Waals surface area contributed by atoms with Crippen molar-refractivity contribution in [3.8, 4) is 22.6 Å². The molecule has 146 valence electrons. The Labute approximate surface area is 166 Å². The lowest BCUT2D eigenvalue weighted by Gasteiger charge is -2.06. The number of hydrogen-bond acceptors (Lipinski definition) is 6. The van der Waals surface area contributed by atoms with E-state index in [9.17, 15) is 13.2 Å². The van der Waals surface area contributed by atoms with Gasteiger partial charge < -0.3 is 8.98 Å². The Morgan fingerprint density at radius 3 is 2.66 bits per heavy atom. The highest BCUT2D eigenvalue weighted by Gasteiger charge is 2.37. The van der Waals surface area contributed by atoms with Crippen LogP contribution in [0.5, 0.6) is 0 Å². The van der Waals surface area contributed by atoms with Crippen LogP contribution >= 0.6 is 0 Å². The van der Waals surface area contributed by atoms with Gasteiger partial charge in [-0.25, -0.2) is 18.4 Å². The monoisotopic (exact) mass is 407 g/mol. The van der Waals surface area contributed by atoms with Crippen LogP contribution in [0.3, 0.4) is 0 Å². The fourth-order valence-corrected chi connectivity index (χ4v) is 5.03. The number of nitrogens with zero attached hydrogens (tertiary/aromatic N) is 3. The summed E-state index contributed by atoms with van der Waals surface area (Å²) < 4.78 is 32.7. The number of pyridine rings is 1. The average Bonchev–Trinajstić information content (AvgIpc) is 3.49. The van der Waals surface area contributed by atoms with Crippen molar-refractivity contribution >= 4 is 20.9 Å². The summed E-state index contributed by atoms with van der Waals surface area (Å²) in [6.45, 7) is 0. The van der Waals surface area contributed by atoms with Crippen LogP contribution in [-0.2, 0) is 16.9 Å². The second kappa shape index (κ2) is 6.38. The quantitative estimate of drug-likeness (QED) is 0.516. The van der Waals surface area contributed by atoms with Gasteiger partial charge in [-0.15, -0.1) is 0 Å². The molecule has 1 aromatic carbocycles. The molecule has 3 heterocycles. The van der Waals surface area contributed by atoms with Crippen LogP contribution in [0.2, 0.25) is 0 Å². The lowest BCUT2D eigenvalue weighted by molar-refractivity contribution is 0.595. The lowest BCUT2D eigenvalue weighted by Crippen LogP contribution is -2.13. The van der Waals surface area contributed by atoms with Crippen molar-refractivity contribution < 1.29 is 12.8 Å². The van der Waals surface area contributed by atoms with Gasteiger partial charge >= 0.3 is 0 Å². The van der Waals surface area contributed by atoms with Crippen molar-refractivity contribution in [2.24, 2.45) is 7.05 Å². The highest BCUT2D eigenvalue weighted by Crippen LogP contribution is 2.36. The largest absolute Gasteiger partial charge is 0.452 e. The van der Waals surface area contributed by atoms with E-state index in [-0.39, 0.29) is 10.8 Å². The third-order valence-electron chi connectivity index (χ3n) is 5.08. The summed E-state index contributed by atoms with van der Waals surface area (Å²) in [5, 5.41) is -0.275. The summed E-state index contributed by atoms with van der Waals surface area (Å²) in [6.07, 6.45) is 4.55. The van der Waals surface area contributed by atoms with E-state index in [2.05, 4.69) is 9.97 Å². The Morgan fingerprint density at radius 1 is 1.07 bits per heavy atom. The molecular weight excluding hydrogens is 390 g/mol. The molecule has 1 saturated carbocycles. The number of rotatable bonds is 4.